The summed E-state index contributed by atoms with van der Waals surface area (Å²) in [4.78, 5) is 11.5. The first-order valence-corrected chi connectivity index (χ1v) is 4.05. The van der Waals surface area contributed by atoms with E-state index in [1.54, 1.807) is 25.9 Å². The number of nitrogens with zero attached hydrogens (tertiary/aromatic N) is 2. The monoisotopic (exact) mass is 198 g/mol. The Hall–Kier alpha value is -1.65. The van der Waals surface area contributed by atoms with E-state index in [0.29, 0.717) is 11.3 Å². The summed E-state index contributed by atoms with van der Waals surface area (Å²) in [7, 11) is 3.37. The predicted octanol–water partition coefficient (Wildman–Crippen LogP) is 2.11. The zero-order valence-electron chi connectivity index (χ0n) is 8.24. The van der Waals surface area contributed by atoms with Crippen LogP contribution >= 0.6 is 0 Å². The van der Waals surface area contributed by atoms with Crippen molar-refractivity contribution in [2.24, 2.45) is 0 Å². The maximum Gasteiger partial charge on any atom is 0.275 e. The van der Waals surface area contributed by atoms with Gasteiger partial charge < -0.3 is 4.90 Å². The summed E-state index contributed by atoms with van der Waals surface area (Å²) in [6.07, 6.45) is 0. The van der Waals surface area contributed by atoms with Gasteiger partial charge in [0.1, 0.15) is 0 Å². The highest BCUT2D eigenvalue weighted by Crippen LogP contribution is 2.26. The van der Waals surface area contributed by atoms with Crippen molar-refractivity contribution in [1.29, 1.82) is 0 Å². The van der Waals surface area contributed by atoms with Crippen molar-refractivity contribution in [2.45, 2.75) is 6.92 Å². The Balaban J connectivity index is 3.31. The van der Waals surface area contributed by atoms with Gasteiger partial charge >= 0.3 is 0 Å². The highest BCUT2D eigenvalue weighted by molar-refractivity contribution is 5.55. The SMILES string of the molecule is Cc1cc(N(C)C)c(F)cc1[N+](=O)[O-]. The molecular formula is C9H11FN2O2. The lowest BCUT2D eigenvalue weighted by molar-refractivity contribution is -0.385. The molecule has 14 heavy (non-hydrogen) atoms. The summed E-state index contributed by atoms with van der Waals surface area (Å²) in [5.74, 6) is -0.577. The molecule has 4 nitrogen and oxygen atoms in total. The Bertz CT molecular complexity index is 377. The van der Waals surface area contributed by atoms with Gasteiger partial charge in [0.05, 0.1) is 16.7 Å². The second-order valence-electron chi connectivity index (χ2n) is 3.24. The summed E-state index contributed by atoms with van der Waals surface area (Å²) in [6.45, 7) is 1.59. The Kier molecular flexibility index (Phi) is 2.69. The van der Waals surface area contributed by atoms with Crippen LogP contribution in [-0.2, 0) is 0 Å². The van der Waals surface area contributed by atoms with E-state index < -0.39 is 10.7 Å². The third kappa shape index (κ3) is 1.81. The zero-order chi connectivity index (χ0) is 10.9. The van der Waals surface area contributed by atoms with Gasteiger partial charge in [0, 0.05) is 19.7 Å². The molecule has 0 bridgehead atoms. The van der Waals surface area contributed by atoms with Crippen molar-refractivity contribution in [3.05, 3.63) is 33.6 Å². The molecule has 0 aliphatic heterocycles. The van der Waals surface area contributed by atoms with Gasteiger partial charge in [-0.3, -0.25) is 10.1 Å². The minimum absolute atomic E-state index is 0.187. The molecule has 0 spiro atoms. The summed E-state index contributed by atoms with van der Waals surface area (Å²) < 4.78 is 13.3. The number of nitro groups is 1. The van der Waals surface area contributed by atoms with E-state index in [2.05, 4.69) is 0 Å². The highest BCUT2D eigenvalue weighted by Gasteiger charge is 2.15. The Morgan fingerprint density at radius 3 is 2.43 bits per heavy atom. The molecule has 0 radical (unpaired) electrons. The van der Waals surface area contributed by atoms with Crippen molar-refractivity contribution in [2.75, 3.05) is 19.0 Å². The average molecular weight is 198 g/mol. The number of aryl methyl sites for hydroxylation is 1. The number of hydrogen-bond donors (Lipinski definition) is 0. The van der Waals surface area contributed by atoms with Gasteiger partial charge in [0.25, 0.3) is 5.69 Å². The first-order chi connectivity index (χ1) is 6.43. The van der Waals surface area contributed by atoms with Crippen LogP contribution in [0.4, 0.5) is 15.8 Å². The molecule has 0 fully saturated rings. The Morgan fingerprint density at radius 2 is 2.00 bits per heavy atom. The van der Waals surface area contributed by atoms with Crippen LogP contribution in [0.1, 0.15) is 5.56 Å². The molecule has 0 aliphatic carbocycles. The molecule has 0 aromatic heterocycles. The van der Waals surface area contributed by atoms with E-state index in [-0.39, 0.29) is 5.69 Å². The largest absolute Gasteiger partial charge is 0.375 e. The van der Waals surface area contributed by atoms with Crippen molar-refractivity contribution < 1.29 is 9.31 Å². The number of benzene rings is 1. The third-order valence-corrected chi connectivity index (χ3v) is 1.94. The third-order valence-electron chi connectivity index (χ3n) is 1.94. The Labute approximate surface area is 81.1 Å². The first kappa shape index (κ1) is 10.4. The van der Waals surface area contributed by atoms with Gasteiger partial charge in [-0.15, -0.1) is 0 Å². The van der Waals surface area contributed by atoms with Gasteiger partial charge in [-0.25, -0.2) is 4.39 Å². The maximum absolute atomic E-state index is 13.3. The van der Waals surface area contributed by atoms with E-state index in [9.17, 15) is 14.5 Å². The molecule has 0 saturated carbocycles. The van der Waals surface area contributed by atoms with Gasteiger partial charge in [0.15, 0.2) is 5.82 Å². The quantitative estimate of drug-likeness (QED) is 0.540. The molecule has 76 valence electrons. The summed E-state index contributed by atoms with van der Waals surface area (Å²) in [5, 5.41) is 10.5. The lowest BCUT2D eigenvalue weighted by Gasteiger charge is -2.13. The minimum Gasteiger partial charge on any atom is -0.375 e. The Morgan fingerprint density at radius 1 is 1.43 bits per heavy atom. The molecule has 0 N–H and O–H groups in total. The van der Waals surface area contributed by atoms with Crippen molar-refractivity contribution >= 4 is 11.4 Å². The number of halogens is 1. The average Bonchev–Trinajstić information content (AvgIpc) is 2.07. The van der Waals surface area contributed by atoms with Crippen LogP contribution in [0.25, 0.3) is 0 Å². The standard InChI is InChI=1S/C9H11FN2O2/c1-6-4-9(11(2)3)7(10)5-8(6)12(13)14/h4-5H,1-3H3. The lowest BCUT2D eigenvalue weighted by atomic mass is 10.1. The molecule has 1 aromatic rings. The summed E-state index contributed by atoms with van der Waals surface area (Å²) >= 11 is 0. The molecule has 0 aliphatic rings. The van der Waals surface area contributed by atoms with Gasteiger partial charge in [-0.1, -0.05) is 0 Å². The summed E-state index contributed by atoms with van der Waals surface area (Å²) in [6, 6.07) is 2.41. The van der Waals surface area contributed by atoms with Crippen LogP contribution in [0.2, 0.25) is 0 Å². The fourth-order valence-corrected chi connectivity index (χ4v) is 1.20. The number of hydrogen-bond acceptors (Lipinski definition) is 3. The predicted molar refractivity (Wildman–Crippen MR) is 52.1 cm³/mol. The van der Waals surface area contributed by atoms with Crippen LogP contribution in [-0.4, -0.2) is 19.0 Å². The molecule has 0 amide bonds. The molecule has 0 heterocycles. The number of rotatable bonds is 2. The van der Waals surface area contributed by atoms with Crippen molar-refractivity contribution in [3.63, 3.8) is 0 Å². The van der Waals surface area contributed by atoms with Crippen LogP contribution in [0, 0.1) is 22.9 Å². The van der Waals surface area contributed by atoms with E-state index >= 15 is 0 Å². The topological polar surface area (TPSA) is 46.4 Å². The van der Waals surface area contributed by atoms with E-state index in [1.165, 1.54) is 6.07 Å². The summed E-state index contributed by atoms with van der Waals surface area (Å²) in [5.41, 5.74) is 0.626. The van der Waals surface area contributed by atoms with Crippen LogP contribution < -0.4 is 4.90 Å². The van der Waals surface area contributed by atoms with Gasteiger partial charge in [-0.2, -0.15) is 0 Å². The van der Waals surface area contributed by atoms with E-state index in [1.807, 2.05) is 0 Å². The molecule has 1 rings (SSSR count). The normalized spacial score (nSPS) is 10.0. The maximum atomic E-state index is 13.3. The first-order valence-electron chi connectivity index (χ1n) is 4.05. The number of nitro benzene ring substituents is 1. The van der Waals surface area contributed by atoms with Crippen LogP contribution in [0.3, 0.4) is 0 Å². The van der Waals surface area contributed by atoms with Crippen molar-refractivity contribution in [3.8, 4) is 0 Å². The second kappa shape index (κ2) is 3.61. The van der Waals surface area contributed by atoms with Crippen LogP contribution in [0.15, 0.2) is 12.1 Å². The molecule has 5 heteroatoms. The zero-order valence-corrected chi connectivity index (χ0v) is 8.24. The molecule has 0 atom stereocenters. The molecular weight excluding hydrogens is 187 g/mol. The fourth-order valence-electron chi connectivity index (χ4n) is 1.20. The van der Waals surface area contributed by atoms with Gasteiger partial charge in [-0.05, 0) is 13.0 Å². The van der Waals surface area contributed by atoms with Crippen LogP contribution in [0.5, 0.6) is 0 Å². The fraction of sp³-hybridized carbons (Fsp3) is 0.333. The lowest BCUT2D eigenvalue weighted by Crippen LogP contribution is -2.11. The molecule has 1 aromatic carbocycles. The molecule has 0 unspecified atom stereocenters. The second-order valence-corrected chi connectivity index (χ2v) is 3.24. The minimum atomic E-state index is -0.585. The number of anilines is 1. The van der Waals surface area contributed by atoms with Gasteiger partial charge in [0.2, 0.25) is 0 Å². The van der Waals surface area contributed by atoms with E-state index in [0.717, 1.165) is 6.07 Å². The van der Waals surface area contributed by atoms with Crippen molar-refractivity contribution in [1.82, 2.24) is 0 Å². The van der Waals surface area contributed by atoms with E-state index in [4.69, 9.17) is 0 Å². The smallest absolute Gasteiger partial charge is 0.275 e. The molecule has 0 saturated heterocycles. The highest BCUT2D eigenvalue weighted by atomic mass is 19.1.